The topological polar surface area (TPSA) is 74.7 Å². The minimum Gasteiger partial charge on any atom is -0.390 e. The number of hydrogen-bond acceptors (Lipinski definition) is 4. The smallest absolute Gasteiger partial charge is 0.108 e. The van der Waals surface area contributed by atoms with Crippen LogP contribution in [0.3, 0.4) is 0 Å². The monoisotopic (exact) mass is 214 g/mol. The predicted molar refractivity (Wildman–Crippen MR) is 56.2 cm³/mol. The van der Waals surface area contributed by atoms with Gasteiger partial charge in [0.15, 0.2) is 0 Å². The molecule has 0 atom stereocenters. The van der Waals surface area contributed by atoms with E-state index < -0.39 is 0 Å². The maximum atomic E-state index is 8.84. The van der Waals surface area contributed by atoms with Gasteiger partial charge in [-0.25, -0.2) is 4.68 Å². The van der Waals surface area contributed by atoms with E-state index in [2.05, 4.69) is 16.4 Å². The maximum Gasteiger partial charge on any atom is 0.108 e. The lowest BCUT2D eigenvalue weighted by atomic mass is 10.1. The standard InChI is InChI=1S/C11H10N4O/c12-5-9-2-1-3-10(4-9)6-15-7-11(8-16)13-14-15/h1-4,7,16H,6,8H2. The van der Waals surface area contributed by atoms with Crippen LogP contribution in [-0.4, -0.2) is 20.1 Å². The van der Waals surface area contributed by atoms with Crippen molar-refractivity contribution in [2.45, 2.75) is 13.2 Å². The molecule has 0 unspecified atom stereocenters. The number of aromatic nitrogens is 3. The number of nitrogens with zero attached hydrogens (tertiary/aromatic N) is 4. The molecule has 1 aromatic heterocycles. The van der Waals surface area contributed by atoms with Gasteiger partial charge in [0.1, 0.15) is 5.69 Å². The van der Waals surface area contributed by atoms with Gasteiger partial charge in [0.25, 0.3) is 0 Å². The van der Waals surface area contributed by atoms with Crippen LogP contribution in [0.5, 0.6) is 0 Å². The van der Waals surface area contributed by atoms with E-state index in [0.29, 0.717) is 17.8 Å². The summed E-state index contributed by atoms with van der Waals surface area (Å²) in [6.07, 6.45) is 1.68. The molecule has 2 aromatic rings. The summed E-state index contributed by atoms with van der Waals surface area (Å²) >= 11 is 0. The Morgan fingerprint density at radius 2 is 2.31 bits per heavy atom. The third kappa shape index (κ3) is 2.24. The number of hydrogen-bond donors (Lipinski definition) is 1. The Morgan fingerprint density at radius 1 is 1.44 bits per heavy atom. The molecule has 0 radical (unpaired) electrons. The van der Waals surface area contributed by atoms with Crippen molar-refractivity contribution in [1.82, 2.24) is 15.0 Å². The molecular weight excluding hydrogens is 204 g/mol. The van der Waals surface area contributed by atoms with E-state index in [1.807, 2.05) is 12.1 Å². The van der Waals surface area contributed by atoms with Crippen molar-refractivity contribution in [3.63, 3.8) is 0 Å². The van der Waals surface area contributed by atoms with Crippen LogP contribution in [0.4, 0.5) is 0 Å². The molecule has 0 saturated heterocycles. The van der Waals surface area contributed by atoms with Crippen LogP contribution in [0, 0.1) is 11.3 Å². The number of benzene rings is 1. The number of aliphatic hydroxyl groups is 1. The molecule has 2 rings (SSSR count). The zero-order valence-corrected chi connectivity index (χ0v) is 8.54. The van der Waals surface area contributed by atoms with E-state index in [4.69, 9.17) is 10.4 Å². The predicted octanol–water partition coefficient (Wildman–Crippen LogP) is 0.690. The molecule has 0 saturated carbocycles. The maximum absolute atomic E-state index is 8.84. The van der Waals surface area contributed by atoms with E-state index in [1.54, 1.807) is 23.0 Å². The van der Waals surface area contributed by atoms with Crippen LogP contribution in [0.2, 0.25) is 0 Å². The number of nitriles is 1. The van der Waals surface area contributed by atoms with Crippen molar-refractivity contribution in [2.75, 3.05) is 0 Å². The molecule has 0 spiro atoms. The highest BCUT2D eigenvalue weighted by Gasteiger charge is 2.00. The molecule has 5 nitrogen and oxygen atoms in total. The highest BCUT2D eigenvalue weighted by atomic mass is 16.3. The van der Waals surface area contributed by atoms with Gasteiger partial charge in [0.05, 0.1) is 31.0 Å². The summed E-state index contributed by atoms with van der Waals surface area (Å²) in [6.45, 7) is 0.431. The van der Waals surface area contributed by atoms with Crippen molar-refractivity contribution < 1.29 is 5.11 Å². The zero-order chi connectivity index (χ0) is 11.4. The summed E-state index contributed by atoms with van der Waals surface area (Å²) in [4.78, 5) is 0. The summed E-state index contributed by atoms with van der Waals surface area (Å²) in [6, 6.07) is 9.39. The molecule has 0 aliphatic heterocycles. The number of aliphatic hydroxyl groups excluding tert-OH is 1. The van der Waals surface area contributed by atoms with E-state index >= 15 is 0 Å². The first-order valence-electron chi connectivity index (χ1n) is 4.81. The molecule has 0 amide bonds. The largest absolute Gasteiger partial charge is 0.390 e. The van der Waals surface area contributed by atoms with Crippen LogP contribution in [0.25, 0.3) is 0 Å². The molecule has 1 heterocycles. The fourth-order valence-corrected chi connectivity index (χ4v) is 1.41. The fourth-order valence-electron chi connectivity index (χ4n) is 1.41. The van der Waals surface area contributed by atoms with Gasteiger partial charge in [-0.3, -0.25) is 0 Å². The molecule has 0 bridgehead atoms. The SMILES string of the molecule is N#Cc1cccc(Cn2cc(CO)nn2)c1. The second kappa shape index (κ2) is 4.55. The van der Waals surface area contributed by atoms with Gasteiger partial charge in [-0.05, 0) is 17.7 Å². The van der Waals surface area contributed by atoms with Crippen LogP contribution in [-0.2, 0) is 13.2 Å². The van der Waals surface area contributed by atoms with Gasteiger partial charge in [-0.15, -0.1) is 5.10 Å². The zero-order valence-electron chi connectivity index (χ0n) is 8.54. The molecule has 1 aromatic carbocycles. The molecule has 5 heteroatoms. The third-order valence-electron chi connectivity index (χ3n) is 2.15. The van der Waals surface area contributed by atoms with Gasteiger partial charge in [-0.2, -0.15) is 5.26 Å². The fraction of sp³-hybridized carbons (Fsp3) is 0.182. The average molecular weight is 214 g/mol. The van der Waals surface area contributed by atoms with E-state index in [1.165, 1.54) is 0 Å². The van der Waals surface area contributed by atoms with Crippen molar-refractivity contribution >= 4 is 0 Å². The lowest BCUT2D eigenvalue weighted by Gasteiger charge is -2.00. The lowest BCUT2D eigenvalue weighted by Crippen LogP contribution is -2.00. The second-order valence-electron chi connectivity index (χ2n) is 3.38. The second-order valence-corrected chi connectivity index (χ2v) is 3.38. The van der Waals surface area contributed by atoms with Gasteiger partial charge in [0, 0.05) is 0 Å². The first-order chi connectivity index (χ1) is 7.81. The molecule has 80 valence electrons. The van der Waals surface area contributed by atoms with Gasteiger partial charge < -0.3 is 5.11 Å². The quantitative estimate of drug-likeness (QED) is 0.815. The van der Waals surface area contributed by atoms with Crippen molar-refractivity contribution in [1.29, 1.82) is 5.26 Å². The summed E-state index contributed by atoms with van der Waals surface area (Å²) < 4.78 is 1.63. The van der Waals surface area contributed by atoms with Crippen LogP contribution in [0.1, 0.15) is 16.8 Å². The van der Waals surface area contributed by atoms with Gasteiger partial charge >= 0.3 is 0 Å². The van der Waals surface area contributed by atoms with Gasteiger partial charge in [-0.1, -0.05) is 17.3 Å². The van der Waals surface area contributed by atoms with Gasteiger partial charge in [0.2, 0.25) is 0 Å². The third-order valence-corrected chi connectivity index (χ3v) is 2.15. The summed E-state index contributed by atoms with van der Waals surface area (Å²) in [7, 11) is 0. The lowest BCUT2D eigenvalue weighted by molar-refractivity contribution is 0.276. The Balaban J connectivity index is 2.17. The van der Waals surface area contributed by atoms with E-state index in [0.717, 1.165) is 5.56 Å². The molecule has 0 aliphatic rings. The number of rotatable bonds is 3. The summed E-state index contributed by atoms with van der Waals surface area (Å²) in [5.41, 5.74) is 2.14. The minimum absolute atomic E-state index is 0.113. The Hall–Kier alpha value is -2.19. The highest BCUT2D eigenvalue weighted by molar-refractivity contribution is 5.32. The Bertz CT molecular complexity index is 527. The molecule has 16 heavy (non-hydrogen) atoms. The summed E-state index contributed by atoms with van der Waals surface area (Å²) in [5.74, 6) is 0. The van der Waals surface area contributed by atoms with Crippen molar-refractivity contribution in [3.8, 4) is 6.07 Å². The molecule has 0 fully saturated rings. The van der Waals surface area contributed by atoms with Crippen LogP contribution in [0.15, 0.2) is 30.5 Å². The Morgan fingerprint density at radius 3 is 3.00 bits per heavy atom. The molecule has 1 N–H and O–H groups in total. The van der Waals surface area contributed by atoms with E-state index in [9.17, 15) is 0 Å². The average Bonchev–Trinajstić information content (AvgIpc) is 2.77. The first-order valence-corrected chi connectivity index (χ1v) is 4.81. The Kier molecular flexibility index (Phi) is 2.94. The molecule has 0 aliphatic carbocycles. The van der Waals surface area contributed by atoms with Crippen molar-refractivity contribution in [3.05, 3.63) is 47.3 Å². The Labute approximate surface area is 92.6 Å². The molecular formula is C11H10N4O. The van der Waals surface area contributed by atoms with Crippen molar-refractivity contribution in [2.24, 2.45) is 0 Å². The normalized spacial score (nSPS) is 10.0. The summed E-state index contributed by atoms with van der Waals surface area (Å²) in [5, 5.41) is 25.2. The van der Waals surface area contributed by atoms with Crippen LogP contribution < -0.4 is 0 Å². The first kappa shape index (κ1) is 10.3. The van der Waals surface area contributed by atoms with E-state index in [-0.39, 0.29) is 6.61 Å². The van der Waals surface area contributed by atoms with Crippen LogP contribution >= 0.6 is 0 Å². The highest BCUT2D eigenvalue weighted by Crippen LogP contribution is 2.06. The minimum atomic E-state index is -0.113.